The summed E-state index contributed by atoms with van der Waals surface area (Å²) in [6.45, 7) is -1.17. The Hall–Kier alpha value is -6.68. The van der Waals surface area contributed by atoms with E-state index in [-0.39, 0.29) is 38.3 Å². The minimum absolute atomic E-state index is 0.0102. The molecule has 342 valence electrons. The zero-order valence-electron chi connectivity index (χ0n) is 33.4. The van der Waals surface area contributed by atoms with Crippen molar-refractivity contribution in [2.75, 3.05) is 45.9 Å². The Balaban J connectivity index is 2.91. The number of nitrogens with two attached hydrogens (primary N) is 3. The number of aliphatic hydroxyl groups is 2. The van der Waals surface area contributed by atoms with Crippen molar-refractivity contribution in [2.24, 2.45) is 22.2 Å². The molecule has 1 fully saturated rings. The minimum Gasteiger partial charge on any atom is -0.481 e. The highest BCUT2D eigenvalue weighted by atomic mass is 16.4. The van der Waals surface area contributed by atoms with E-state index < -0.39 is 147 Å². The number of carbonyl (C=O) groups is 11. The Labute approximate surface area is 347 Å². The highest BCUT2D eigenvalue weighted by Gasteiger charge is 2.37. The van der Waals surface area contributed by atoms with E-state index in [9.17, 15) is 68.1 Å². The van der Waals surface area contributed by atoms with Gasteiger partial charge in [-0.1, -0.05) is 0 Å². The van der Waals surface area contributed by atoms with Gasteiger partial charge in [-0.3, -0.25) is 57.7 Å². The lowest BCUT2D eigenvalue weighted by molar-refractivity contribution is -0.142. The molecule has 1 aliphatic rings. The molecule has 1 aliphatic heterocycles. The summed E-state index contributed by atoms with van der Waals surface area (Å²) in [6.07, 6.45) is -1.73. The van der Waals surface area contributed by atoms with Crippen LogP contribution in [0.3, 0.4) is 0 Å². The zero-order chi connectivity index (χ0) is 46.4. The summed E-state index contributed by atoms with van der Waals surface area (Å²) < 4.78 is 0. The molecular formula is C33H55N13O15. The molecule has 0 aromatic carbocycles. The number of rotatable bonds is 26. The van der Waals surface area contributed by atoms with Crippen LogP contribution in [-0.2, 0) is 52.7 Å². The van der Waals surface area contributed by atoms with Crippen LogP contribution < -0.4 is 59.7 Å². The van der Waals surface area contributed by atoms with Crippen molar-refractivity contribution < 1.29 is 73.2 Å². The highest BCUT2D eigenvalue weighted by molar-refractivity contribution is 5.97. The number of aliphatic carboxylic acids is 2. The largest absolute Gasteiger partial charge is 0.481 e. The third-order valence-corrected chi connectivity index (χ3v) is 8.54. The van der Waals surface area contributed by atoms with Gasteiger partial charge in [-0.05, 0) is 39.5 Å². The Morgan fingerprint density at radius 3 is 1.85 bits per heavy atom. The number of likely N-dealkylation sites (tertiary alicyclic amines) is 1. The maximum Gasteiger partial charge on any atom is 0.322 e. The average molecular weight is 874 g/mol. The van der Waals surface area contributed by atoms with Gasteiger partial charge in [0.25, 0.3) is 0 Å². The van der Waals surface area contributed by atoms with Crippen molar-refractivity contribution in [1.29, 1.82) is 0 Å². The molecule has 0 aliphatic carbocycles. The Bertz CT molecular complexity index is 1660. The van der Waals surface area contributed by atoms with Gasteiger partial charge in [-0.25, -0.2) is 0 Å². The van der Waals surface area contributed by atoms with E-state index in [0.29, 0.717) is 6.42 Å². The molecule has 0 radical (unpaired) electrons. The molecule has 0 saturated carbocycles. The number of carboxylic acids is 2. The first kappa shape index (κ1) is 52.3. The van der Waals surface area contributed by atoms with Crippen molar-refractivity contribution >= 4 is 71.1 Å². The molecule has 0 aromatic heterocycles. The standard InChI is InChI=1S/C33H55N13O15/c1-15(42-29(58)19(14-47)44-23(51)12-41-31(60)26(34)16(2)48)32(61)46-8-4-6-20(46)30(59)40-11-22(50)43-17(5-3-7-37-33(35)36)28(57)45-18(9-24(52)53)27(56)39-10-21(49)38-13-25(54)55/h15-20,26,47-48H,3-14,34H2,1-2H3,(H,38,49)(H,39,56)(H,40,59)(H,41,60)(H,42,58)(H,43,50)(H,44,51)(H,45,57)(H,52,53)(H,54,55)(H4,35,36,37)/t15-,16+,17-,18-,19-,20-,26-/m0/s1. The van der Waals surface area contributed by atoms with Gasteiger partial charge in [0.15, 0.2) is 5.96 Å². The third-order valence-electron chi connectivity index (χ3n) is 8.54. The van der Waals surface area contributed by atoms with E-state index in [0.717, 1.165) is 4.90 Å². The minimum atomic E-state index is -1.76. The van der Waals surface area contributed by atoms with Crippen LogP contribution in [-0.4, -0.2) is 185 Å². The Kier molecular flexibility index (Phi) is 22.7. The van der Waals surface area contributed by atoms with Gasteiger partial charge in [-0.2, -0.15) is 0 Å². The van der Waals surface area contributed by atoms with Crippen LogP contribution in [0.2, 0.25) is 0 Å². The van der Waals surface area contributed by atoms with Crippen molar-refractivity contribution in [3.8, 4) is 0 Å². The molecule has 28 heteroatoms. The molecule has 18 N–H and O–H groups in total. The zero-order valence-corrected chi connectivity index (χ0v) is 33.4. The number of guanidine groups is 1. The van der Waals surface area contributed by atoms with Crippen molar-refractivity contribution in [1.82, 2.24) is 47.4 Å². The number of hydrogen-bond acceptors (Lipinski definition) is 15. The molecule has 28 nitrogen and oxygen atoms in total. The SMILES string of the molecule is C[C@H](NC(=O)[C@H](CO)NC(=O)CNC(=O)[C@@H](N)[C@@H](C)O)C(=O)N1CCC[C@H]1C(=O)NCC(=O)N[C@@H](CCCN=C(N)N)C(=O)N[C@@H](CC(=O)O)C(=O)NCC(=O)NCC(=O)O. The second-order valence-corrected chi connectivity index (χ2v) is 13.5. The first-order valence-corrected chi connectivity index (χ1v) is 18.7. The van der Waals surface area contributed by atoms with Gasteiger partial charge in [0, 0.05) is 13.1 Å². The molecule has 61 heavy (non-hydrogen) atoms. The average Bonchev–Trinajstić information content (AvgIpc) is 3.69. The lowest BCUT2D eigenvalue weighted by Crippen LogP contribution is -2.58. The summed E-state index contributed by atoms with van der Waals surface area (Å²) in [5.41, 5.74) is 16.1. The van der Waals surface area contributed by atoms with E-state index in [2.05, 4.69) is 42.2 Å². The van der Waals surface area contributed by atoms with Crippen LogP contribution >= 0.6 is 0 Å². The van der Waals surface area contributed by atoms with E-state index in [1.165, 1.54) is 13.8 Å². The maximum atomic E-state index is 13.3. The van der Waals surface area contributed by atoms with Crippen LogP contribution in [0.15, 0.2) is 4.99 Å². The van der Waals surface area contributed by atoms with E-state index in [1.54, 1.807) is 0 Å². The molecule has 1 saturated heterocycles. The lowest BCUT2D eigenvalue weighted by atomic mass is 10.1. The summed E-state index contributed by atoms with van der Waals surface area (Å²) in [5.74, 6) is -11.4. The quantitative estimate of drug-likeness (QED) is 0.0218. The van der Waals surface area contributed by atoms with Crippen molar-refractivity contribution in [2.45, 2.75) is 88.3 Å². The highest BCUT2D eigenvalue weighted by Crippen LogP contribution is 2.18. The van der Waals surface area contributed by atoms with Gasteiger partial charge < -0.3 is 85.1 Å². The molecule has 1 rings (SSSR count). The molecule has 0 spiro atoms. The van der Waals surface area contributed by atoms with Crippen LogP contribution in [0.25, 0.3) is 0 Å². The fraction of sp³-hybridized carbons (Fsp3) is 0.636. The number of carbonyl (C=O) groups excluding carboxylic acids is 9. The van der Waals surface area contributed by atoms with Gasteiger partial charge in [0.05, 0.1) is 38.8 Å². The lowest BCUT2D eigenvalue weighted by Gasteiger charge is -2.28. The summed E-state index contributed by atoms with van der Waals surface area (Å²) >= 11 is 0. The molecule has 9 amide bonds. The second-order valence-electron chi connectivity index (χ2n) is 13.5. The van der Waals surface area contributed by atoms with Crippen LogP contribution in [0, 0.1) is 0 Å². The van der Waals surface area contributed by atoms with E-state index in [1.807, 2.05) is 5.32 Å². The van der Waals surface area contributed by atoms with E-state index in [4.69, 9.17) is 22.3 Å². The van der Waals surface area contributed by atoms with Crippen LogP contribution in [0.1, 0.15) is 46.0 Å². The summed E-state index contributed by atoms with van der Waals surface area (Å²) in [7, 11) is 0. The number of aliphatic hydroxyl groups excluding tert-OH is 2. The predicted octanol–water partition coefficient (Wildman–Crippen LogP) is -9.29. The number of hydrogen-bond donors (Lipinski definition) is 15. The van der Waals surface area contributed by atoms with Gasteiger partial charge in [0.2, 0.25) is 53.2 Å². The Morgan fingerprint density at radius 2 is 1.28 bits per heavy atom. The van der Waals surface area contributed by atoms with Crippen LogP contribution in [0.5, 0.6) is 0 Å². The van der Waals surface area contributed by atoms with E-state index >= 15 is 0 Å². The van der Waals surface area contributed by atoms with Gasteiger partial charge in [0.1, 0.15) is 42.8 Å². The molecule has 0 bridgehead atoms. The first-order chi connectivity index (χ1) is 28.6. The third kappa shape index (κ3) is 19.8. The fourth-order valence-electron chi connectivity index (χ4n) is 5.36. The van der Waals surface area contributed by atoms with Gasteiger partial charge >= 0.3 is 11.9 Å². The molecule has 0 unspecified atom stereocenters. The number of carboxylic acid groups (broad SMARTS) is 2. The normalized spacial score (nSPS) is 16.1. The fourth-order valence-corrected chi connectivity index (χ4v) is 5.36. The summed E-state index contributed by atoms with van der Waals surface area (Å²) in [5, 5.41) is 54.7. The number of nitrogens with one attached hydrogen (secondary N) is 8. The molecular weight excluding hydrogens is 818 g/mol. The predicted molar refractivity (Wildman–Crippen MR) is 207 cm³/mol. The van der Waals surface area contributed by atoms with Crippen LogP contribution in [0.4, 0.5) is 0 Å². The first-order valence-electron chi connectivity index (χ1n) is 18.7. The van der Waals surface area contributed by atoms with Crippen molar-refractivity contribution in [3.05, 3.63) is 0 Å². The second kappa shape index (κ2) is 26.4. The van der Waals surface area contributed by atoms with Crippen molar-refractivity contribution in [3.63, 3.8) is 0 Å². The number of amides is 9. The smallest absolute Gasteiger partial charge is 0.322 e. The number of nitrogens with zero attached hydrogens (tertiary/aromatic N) is 2. The number of aliphatic imine (C=N–C) groups is 1. The Morgan fingerprint density at radius 1 is 0.705 bits per heavy atom. The maximum absolute atomic E-state index is 13.3. The molecule has 0 aromatic rings. The molecule has 1 heterocycles. The van der Waals surface area contributed by atoms with Gasteiger partial charge in [-0.15, -0.1) is 0 Å². The topological polar surface area (TPSA) is 459 Å². The summed E-state index contributed by atoms with van der Waals surface area (Å²) in [4.78, 5) is 141. The molecule has 7 atom stereocenters. The summed E-state index contributed by atoms with van der Waals surface area (Å²) in [6, 6.07) is -8.47. The monoisotopic (exact) mass is 873 g/mol.